The molecule has 1 heterocycles. The minimum atomic E-state index is -1.65. The Bertz CT molecular complexity index is 1210. The summed E-state index contributed by atoms with van der Waals surface area (Å²) in [6.45, 7) is 0. The zero-order valence-electron chi connectivity index (χ0n) is 19.8. The van der Waals surface area contributed by atoms with Gasteiger partial charge in [-0.05, 0) is 23.3 Å². The summed E-state index contributed by atoms with van der Waals surface area (Å²) in [5.74, 6) is 0.690. The van der Waals surface area contributed by atoms with Gasteiger partial charge in [-0.2, -0.15) is 5.26 Å². The molecule has 1 aliphatic rings. The Labute approximate surface area is 203 Å². The number of rotatable bonds is 7. The fraction of sp³-hybridized carbons (Fsp3) is 0.259. The third kappa shape index (κ3) is 4.16. The summed E-state index contributed by atoms with van der Waals surface area (Å²) in [6.07, 6.45) is -1.97. The van der Waals surface area contributed by atoms with Crippen LogP contribution in [0.15, 0.2) is 66.7 Å². The zero-order valence-corrected chi connectivity index (χ0v) is 19.8. The summed E-state index contributed by atoms with van der Waals surface area (Å²) in [6, 6.07) is 21.3. The van der Waals surface area contributed by atoms with Gasteiger partial charge < -0.3 is 28.4 Å². The van der Waals surface area contributed by atoms with Gasteiger partial charge in [-0.1, -0.05) is 42.5 Å². The molecule has 3 atom stereocenters. The first kappa shape index (κ1) is 24.1. The van der Waals surface area contributed by atoms with E-state index in [4.69, 9.17) is 28.4 Å². The molecule has 1 aliphatic heterocycles. The number of nitriles is 1. The Hall–Kier alpha value is -4.06. The predicted molar refractivity (Wildman–Crippen MR) is 125 cm³/mol. The Morgan fingerprint density at radius 3 is 2.06 bits per heavy atom. The van der Waals surface area contributed by atoms with Crippen LogP contribution in [-0.4, -0.2) is 34.4 Å². The minimum Gasteiger partial charge on any atom is -0.496 e. The van der Waals surface area contributed by atoms with Gasteiger partial charge in [0.15, 0.2) is 6.29 Å². The molecule has 8 nitrogen and oxygen atoms in total. The molecule has 0 amide bonds. The van der Waals surface area contributed by atoms with E-state index in [1.165, 1.54) is 28.4 Å². The van der Waals surface area contributed by atoms with Gasteiger partial charge in [0.2, 0.25) is 5.60 Å². The van der Waals surface area contributed by atoms with E-state index in [-0.39, 0.29) is 0 Å². The average Bonchev–Trinajstić information content (AvgIpc) is 3.33. The van der Waals surface area contributed by atoms with Gasteiger partial charge in [0.1, 0.15) is 23.4 Å². The molecule has 0 bridgehead atoms. The number of esters is 1. The molecule has 0 saturated carbocycles. The van der Waals surface area contributed by atoms with Crippen molar-refractivity contribution in [1.82, 2.24) is 0 Å². The van der Waals surface area contributed by atoms with Crippen molar-refractivity contribution in [3.8, 4) is 23.3 Å². The van der Waals surface area contributed by atoms with Crippen molar-refractivity contribution >= 4 is 5.97 Å². The highest BCUT2D eigenvalue weighted by atomic mass is 16.8. The molecule has 0 radical (unpaired) electrons. The predicted octanol–water partition coefficient (Wildman–Crippen LogP) is 4.44. The third-order valence-electron chi connectivity index (χ3n) is 5.94. The van der Waals surface area contributed by atoms with Gasteiger partial charge in [0.05, 0.1) is 45.6 Å². The molecule has 0 unspecified atom stereocenters. The van der Waals surface area contributed by atoms with Crippen LogP contribution < -0.4 is 14.2 Å². The summed E-state index contributed by atoms with van der Waals surface area (Å²) in [7, 11) is 5.86. The zero-order chi connectivity index (χ0) is 25.0. The maximum absolute atomic E-state index is 13.5. The van der Waals surface area contributed by atoms with E-state index in [2.05, 4.69) is 6.07 Å². The van der Waals surface area contributed by atoms with Crippen molar-refractivity contribution in [3.05, 3.63) is 89.0 Å². The highest BCUT2D eigenvalue weighted by molar-refractivity contribution is 5.83. The number of carbonyl (C=O) groups is 1. The van der Waals surface area contributed by atoms with E-state index in [1.807, 2.05) is 6.07 Å². The summed E-state index contributed by atoms with van der Waals surface area (Å²) in [4.78, 5) is 13.5. The SMILES string of the molecule is COC(=O)[C@]1(c2ccccc2)O[C@@H](c2c(OC)cc(OC)cc2OC)O[C@@H]1c1ccc(C#N)cc1. The van der Waals surface area contributed by atoms with E-state index >= 15 is 0 Å². The molecule has 0 aromatic heterocycles. The number of hydrogen-bond donors (Lipinski definition) is 0. The van der Waals surface area contributed by atoms with Crippen LogP contribution in [0.25, 0.3) is 0 Å². The molecule has 8 heteroatoms. The van der Waals surface area contributed by atoms with Crippen molar-refractivity contribution in [1.29, 1.82) is 5.26 Å². The molecule has 0 spiro atoms. The van der Waals surface area contributed by atoms with Gasteiger partial charge in [0.25, 0.3) is 0 Å². The fourth-order valence-corrected chi connectivity index (χ4v) is 4.25. The lowest BCUT2D eigenvalue weighted by Gasteiger charge is -2.30. The van der Waals surface area contributed by atoms with Crippen LogP contribution in [0.5, 0.6) is 17.2 Å². The van der Waals surface area contributed by atoms with E-state index < -0.39 is 24.0 Å². The second-order valence-electron chi connectivity index (χ2n) is 7.74. The molecule has 0 aliphatic carbocycles. The van der Waals surface area contributed by atoms with Crippen LogP contribution in [0.3, 0.4) is 0 Å². The molecule has 0 N–H and O–H groups in total. The minimum absolute atomic E-state index is 0.401. The monoisotopic (exact) mass is 475 g/mol. The van der Waals surface area contributed by atoms with Gasteiger partial charge in [-0.25, -0.2) is 4.79 Å². The van der Waals surface area contributed by atoms with Gasteiger partial charge in [0, 0.05) is 12.1 Å². The molecule has 3 aromatic rings. The highest BCUT2D eigenvalue weighted by Crippen LogP contribution is 2.56. The van der Waals surface area contributed by atoms with Gasteiger partial charge >= 0.3 is 5.97 Å². The summed E-state index contributed by atoms with van der Waals surface area (Å²) in [5.41, 5.74) is 0.467. The van der Waals surface area contributed by atoms with Crippen LogP contribution in [0.1, 0.15) is 34.6 Å². The Morgan fingerprint density at radius 1 is 0.914 bits per heavy atom. The molecule has 1 fully saturated rings. The van der Waals surface area contributed by atoms with E-state index in [0.717, 1.165) is 0 Å². The fourth-order valence-electron chi connectivity index (χ4n) is 4.25. The van der Waals surface area contributed by atoms with Crippen LogP contribution >= 0.6 is 0 Å². The lowest BCUT2D eigenvalue weighted by molar-refractivity contribution is -0.173. The van der Waals surface area contributed by atoms with Crippen molar-refractivity contribution in [2.45, 2.75) is 18.0 Å². The second kappa shape index (κ2) is 10.1. The van der Waals surface area contributed by atoms with Crippen molar-refractivity contribution < 1.29 is 33.2 Å². The van der Waals surface area contributed by atoms with E-state index in [9.17, 15) is 10.1 Å². The molecule has 1 saturated heterocycles. The number of nitrogens with zero attached hydrogens (tertiary/aromatic N) is 1. The Balaban J connectivity index is 1.93. The highest BCUT2D eigenvalue weighted by Gasteiger charge is 2.59. The van der Waals surface area contributed by atoms with Crippen LogP contribution in [0.2, 0.25) is 0 Å². The Kier molecular flexibility index (Phi) is 6.92. The first-order chi connectivity index (χ1) is 17.0. The van der Waals surface area contributed by atoms with Crippen molar-refractivity contribution in [2.75, 3.05) is 28.4 Å². The smallest absolute Gasteiger partial charge is 0.346 e. The first-order valence-electron chi connectivity index (χ1n) is 10.8. The van der Waals surface area contributed by atoms with Gasteiger partial charge in [-0.15, -0.1) is 0 Å². The number of carbonyl (C=O) groups excluding carboxylic acids is 1. The number of ether oxygens (including phenoxy) is 6. The largest absolute Gasteiger partial charge is 0.496 e. The average molecular weight is 475 g/mol. The second-order valence-corrected chi connectivity index (χ2v) is 7.74. The summed E-state index contributed by atoms with van der Waals surface area (Å²) in [5, 5.41) is 9.23. The first-order valence-corrected chi connectivity index (χ1v) is 10.8. The molecular formula is C27H25NO7. The van der Waals surface area contributed by atoms with Crippen LogP contribution in [0, 0.1) is 11.3 Å². The Morgan fingerprint density at radius 2 is 1.54 bits per heavy atom. The topological polar surface area (TPSA) is 96.2 Å². The lowest BCUT2D eigenvalue weighted by atomic mass is 9.84. The molecule has 3 aromatic carbocycles. The standard InChI is InChI=1S/C27H25NO7/c1-30-20-14-21(31-2)23(22(15-20)32-3)25-34-24(18-12-10-17(16-28)11-13-18)27(35-25,26(29)33-4)19-8-6-5-7-9-19/h5-15,24-25H,1-4H3/t24-,25+,27-/m1/s1. The van der Waals surface area contributed by atoms with Crippen LogP contribution in [0.4, 0.5) is 0 Å². The number of methoxy groups -OCH3 is 4. The van der Waals surface area contributed by atoms with Gasteiger partial charge in [-0.3, -0.25) is 0 Å². The lowest BCUT2D eigenvalue weighted by Crippen LogP contribution is -2.41. The molecule has 35 heavy (non-hydrogen) atoms. The molecular weight excluding hydrogens is 450 g/mol. The van der Waals surface area contributed by atoms with Crippen molar-refractivity contribution in [2.24, 2.45) is 0 Å². The molecule has 180 valence electrons. The third-order valence-corrected chi connectivity index (χ3v) is 5.94. The van der Waals surface area contributed by atoms with E-state index in [0.29, 0.717) is 39.5 Å². The quantitative estimate of drug-likeness (QED) is 0.463. The summed E-state index contributed by atoms with van der Waals surface area (Å²) < 4.78 is 34.7. The van der Waals surface area contributed by atoms with Crippen LogP contribution in [-0.2, 0) is 24.6 Å². The number of benzene rings is 3. The summed E-state index contributed by atoms with van der Waals surface area (Å²) >= 11 is 0. The number of hydrogen-bond acceptors (Lipinski definition) is 8. The maximum Gasteiger partial charge on any atom is 0.346 e. The molecule has 4 rings (SSSR count). The normalized spacial score (nSPS) is 21.1. The van der Waals surface area contributed by atoms with Crippen molar-refractivity contribution in [3.63, 3.8) is 0 Å². The maximum atomic E-state index is 13.5. The van der Waals surface area contributed by atoms with E-state index in [1.54, 1.807) is 60.7 Å².